The largest absolute Gasteiger partial charge is 0.433 e. The van der Waals surface area contributed by atoms with Crippen molar-refractivity contribution in [3.05, 3.63) is 46.3 Å². The Labute approximate surface area is 117 Å². The lowest BCUT2D eigenvalue weighted by molar-refractivity contribution is -0.385. The lowest BCUT2D eigenvalue weighted by atomic mass is 10.2. The van der Waals surface area contributed by atoms with Crippen molar-refractivity contribution in [2.24, 2.45) is 0 Å². The van der Waals surface area contributed by atoms with Gasteiger partial charge in [0, 0.05) is 24.9 Å². The molecule has 2 heterocycles. The number of rotatable bonds is 4. The van der Waals surface area contributed by atoms with Gasteiger partial charge in [-0.3, -0.25) is 14.7 Å². The van der Waals surface area contributed by atoms with E-state index in [1.807, 2.05) is 6.92 Å². The Bertz CT molecular complexity index is 667. The number of aryl methyl sites for hydroxylation is 1. The first kappa shape index (κ1) is 14.9. The summed E-state index contributed by atoms with van der Waals surface area (Å²) >= 11 is 0. The second-order valence-corrected chi connectivity index (χ2v) is 4.28. The molecular formula is C12H11F3N4O2. The minimum absolute atomic E-state index is 0.191. The summed E-state index contributed by atoms with van der Waals surface area (Å²) in [5, 5.41) is 11.0. The lowest BCUT2D eigenvalue weighted by Crippen LogP contribution is -2.11. The molecule has 2 rings (SSSR count). The van der Waals surface area contributed by atoms with Crippen molar-refractivity contribution < 1.29 is 18.1 Å². The highest BCUT2D eigenvalue weighted by atomic mass is 19.4. The van der Waals surface area contributed by atoms with Gasteiger partial charge in [0.2, 0.25) is 0 Å². The van der Waals surface area contributed by atoms with E-state index in [4.69, 9.17) is 0 Å². The van der Waals surface area contributed by atoms with E-state index in [9.17, 15) is 23.3 Å². The number of hydrogen-bond acceptors (Lipinski definition) is 4. The number of aromatic nitrogens is 3. The lowest BCUT2D eigenvalue weighted by Gasteiger charge is -2.11. The Hall–Kier alpha value is -2.45. The fraction of sp³-hybridized carbons (Fsp3) is 0.333. The number of alkyl halides is 3. The van der Waals surface area contributed by atoms with E-state index >= 15 is 0 Å². The molecule has 0 fully saturated rings. The molecule has 21 heavy (non-hydrogen) atoms. The van der Waals surface area contributed by atoms with Crippen LogP contribution in [0.3, 0.4) is 0 Å². The second-order valence-electron chi connectivity index (χ2n) is 4.28. The molecule has 0 saturated heterocycles. The topological polar surface area (TPSA) is 73.8 Å². The van der Waals surface area contributed by atoms with Crippen LogP contribution < -0.4 is 0 Å². The van der Waals surface area contributed by atoms with Crippen molar-refractivity contribution in [1.29, 1.82) is 0 Å². The molecule has 2 aromatic rings. The van der Waals surface area contributed by atoms with Crippen molar-refractivity contribution in [2.75, 3.05) is 0 Å². The van der Waals surface area contributed by atoms with Gasteiger partial charge in [0.15, 0.2) is 0 Å². The van der Waals surface area contributed by atoms with E-state index in [2.05, 4.69) is 9.97 Å². The molecule has 0 bridgehead atoms. The van der Waals surface area contributed by atoms with Gasteiger partial charge in [0.1, 0.15) is 23.4 Å². The first-order valence-electron chi connectivity index (χ1n) is 6.08. The summed E-state index contributed by atoms with van der Waals surface area (Å²) < 4.78 is 39.5. The van der Waals surface area contributed by atoms with Crippen LogP contribution in [0.4, 0.5) is 18.9 Å². The summed E-state index contributed by atoms with van der Waals surface area (Å²) in [7, 11) is 0. The van der Waals surface area contributed by atoms with Crippen molar-refractivity contribution in [3.8, 4) is 5.69 Å². The monoisotopic (exact) mass is 300 g/mol. The van der Waals surface area contributed by atoms with Crippen LogP contribution in [0.2, 0.25) is 0 Å². The van der Waals surface area contributed by atoms with Crippen LogP contribution in [0.5, 0.6) is 0 Å². The maximum Gasteiger partial charge on any atom is 0.433 e. The molecule has 0 aliphatic heterocycles. The highest BCUT2D eigenvalue weighted by molar-refractivity contribution is 5.52. The van der Waals surface area contributed by atoms with E-state index in [-0.39, 0.29) is 5.69 Å². The summed E-state index contributed by atoms with van der Waals surface area (Å²) in [5.74, 6) is 0.458. The highest BCUT2D eigenvalue weighted by Gasteiger charge is 2.34. The summed E-state index contributed by atoms with van der Waals surface area (Å²) in [5.41, 5.74) is -1.87. The van der Waals surface area contributed by atoms with Gasteiger partial charge >= 0.3 is 11.9 Å². The van der Waals surface area contributed by atoms with E-state index in [1.165, 1.54) is 17.0 Å². The molecule has 112 valence electrons. The first-order chi connectivity index (χ1) is 9.84. The van der Waals surface area contributed by atoms with Gasteiger partial charge in [-0.1, -0.05) is 6.92 Å². The first-order valence-corrected chi connectivity index (χ1v) is 6.08. The van der Waals surface area contributed by atoms with Crippen LogP contribution in [0.1, 0.15) is 24.9 Å². The predicted octanol–water partition coefficient (Wildman–Crippen LogP) is 3.15. The third-order valence-corrected chi connectivity index (χ3v) is 2.80. The van der Waals surface area contributed by atoms with E-state index in [1.54, 1.807) is 0 Å². The molecule has 0 amide bonds. The summed E-state index contributed by atoms with van der Waals surface area (Å²) in [6.45, 7) is 1.88. The normalized spacial score (nSPS) is 11.6. The molecule has 0 radical (unpaired) electrons. The Morgan fingerprint density at radius 3 is 2.67 bits per heavy atom. The summed E-state index contributed by atoms with van der Waals surface area (Å²) in [6.07, 6.45) is -0.0605. The fourth-order valence-corrected chi connectivity index (χ4v) is 1.89. The minimum Gasteiger partial charge on any atom is -0.297 e. The number of nitro groups is 1. The van der Waals surface area contributed by atoms with E-state index in [0.717, 1.165) is 0 Å². The van der Waals surface area contributed by atoms with Crippen LogP contribution in [0.25, 0.3) is 5.69 Å². The van der Waals surface area contributed by atoms with Gasteiger partial charge in [0.25, 0.3) is 0 Å². The smallest absolute Gasteiger partial charge is 0.297 e. The molecule has 0 saturated carbocycles. The molecule has 0 aliphatic carbocycles. The average molecular weight is 300 g/mol. The molecule has 0 atom stereocenters. The fourth-order valence-electron chi connectivity index (χ4n) is 1.89. The number of hydrogen-bond donors (Lipinski definition) is 0. The zero-order chi connectivity index (χ0) is 15.6. The molecule has 0 N–H and O–H groups in total. The van der Waals surface area contributed by atoms with Crippen LogP contribution in [-0.2, 0) is 12.6 Å². The molecular weight excluding hydrogens is 289 g/mol. The second kappa shape index (κ2) is 5.51. The van der Waals surface area contributed by atoms with E-state index in [0.29, 0.717) is 30.9 Å². The molecule has 0 aromatic carbocycles. The van der Waals surface area contributed by atoms with Crippen molar-refractivity contribution in [3.63, 3.8) is 0 Å². The zero-order valence-electron chi connectivity index (χ0n) is 11.0. The Balaban J connectivity index is 2.63. The maximum atomic E-state index is 12.7. The third-order valence-electron chi connectivity index (χ3n) is 2.80. The summed E-state index contributed by atoms with van der Waals surface area (Å²) in [6, 6.07) is 0.666. The Morgan fingerprint density at radius 2 is 2.10 bits per heavy atom. The Morgan fingerprint density at radius 1 is 1.38 bits per heavy atom. The molecule has 0 spiro atoms. The number of pyridine rings is 1. The number of nitrogens with zero attached hydrogens (tertiary/aromatic N) is 4. The van der Waals surface area contributed by atoms with Gasteiger partial charge in [-0.15, -0.1) is 0 Å². The predicted molar refractivity (Wildman–Crippen MR) is 67.0 cm³/mol. The van der Waals surface area contributed by atoms with Crippen molar-refractivity contribution >= 4 is 5.69 Å². The molecule has 0 aliphatic rings. The molecule has 9 heteroatoms. The highest BCUT2D eigenvalue weighted by Crippen LogP contribution is 2.32. The molecule has 0 unspecified atom stereocenters. The van der Waals surface area contributed by atoms with E-state index < -0.39 is 22.5 Å². The Kier molecular flexibility index (Phi) is 3.92. The summed E-state index contributed by atoms with van der Waals surface area (Å²) in [4.78, 5) is 17.4. The minimum atomic E-state index is -4.67. The zero-order valence-corrected chi connectivity index (χ0v) is 11.0. The van der Waals surface area contributed by atoms with Crippen molar-refractivity contribution in [1.82, 2.24) is 14.5 Å². The quantitative estimate of drug-likeness (QED) is 0.642. The SMILES string of the molecule is CCCc1nccn1-c1cc(C(F)(F)F)ncc1[N+](=O)[O-]. The van der Waals surface area contributed by atoms with Crippen LogP contribution >= 0.6 is 0 Å². The van der Waals surface area contributed by atoms with Crippen molar-refractivity contribution in [2.45, 2.75) is 25.9 Å². The average Bonchev–Trinajstić information content (AvgIpc) is 2.85. The van der Waals surface area contributed by atoms with Gasteiger partial charge in [-0.25, -0.2) is 9.97 Å². The standard InChI is InChI=1S/C12H11F3N4O2/c1-2-3-11-16-4-5-18(11)8-6-10(12(13,14)15)17-7-9(8)19(20)21/h4-7H,2-3H2,1H3. The molecule has 6 nitrogen and oxygen atoms in total. The van der Waals surface area contributed by atoms with Crippen LogP contribution in [0, 0.1) is 10.1 Å². The van der Waals surface area contributed by atoms with Crippen LogP contribution in [0.15, 0.2) is 24.7 Å². The third kappa shape index (κ3) is 3.01. The van der Waals surface area contributed by atoms with Gasteiger partial charge < -0.3 is 0 Å². The van der Waals surface area contributed by atoms with Crippen LogP contribution in [-0.4, -0.2) is 19.5 Å². The van der Waals surface area contributed by atoms with Gasteiger partial charge in [0.05, 0.1) is 4.92 Å². The maximum absolute atomic E-state index is 12.7. The van der Waals surface area contributed by atoms with Gasteiger partial charge in [-0.2, -0.15) is 13.2 Å². The number of halogens is 3. The molecule has 2 aromatic heterocycles. The number of imidazole rings is 1. The van der Waals surface area contributed by atoms with Gasteiger partial charge in [-0.05, 0) is 6.42 Å².